The van der Waals surface area contributed by atoms with Crippen molar-refractivity contribution in [2.45, 2.75) is 39.3 Å². The molecule has 1 heterocycles. The molecule has 1 aromatic rings. The first-order chi connectivity index (χ1) is 8.78. The van der Waals surface area contributed by atoms with Gasteiger partial charge in [0.15, 0.2) is 5.82 Å². The summed E-state index contributed by atoms with van der Waals surface area (Å²) < 4.78 is 5.39. The molecule has 0 saturated heterocycles. The molecule has 0 atom stereocenters. The molecule has 5 heteroatoms. The molecule has 5 nitrogen and oxygen atoms in total. The van der Waals surface area contributed by atoms with E-state index in [0.29, 0.717) is 19.3 Å². The van der Waals surface area contributed by atoms with Gasteiger partial charge in [-0.2, -0.15) is 0 Å². The van der Waals surface area contributed by atoms with Gasteiger partial charge < -0.3 is 15.0 Å². The first-order valence-electron chi connectivity index (χ1n) is 6.68. The molecule has 0 amide bonds. The van der Waals surface area contributed by atoms with Crippen LogP contribution in [0.25, 0.3) is 0 Å². The number of nitrogens with one attached hydrogen (secondary N) is 1. The molecule has 0 aromatic carbocycles. The maximum Gasteiger partial charge on any atom is 0.158 e. The molecule has 2 rings (SSSR count). The summed E-state index contributed by atoms with van der Waals surface area (Å²) in [5.41, 5.74) is 0. The van der Waals surface area contributed by atoms with Crippen LogP contribution in [0.15, 0.2) is 6.07 Å². The SMILES string of the molecule is CCOCc1nc(NC)cc(N(CC)C2CC2)n1. The Hall–Kier alpha value is -1.36. The Morgan fingerprint density at radius 3 is 2.72 bits per heavy atom. The molecule has 1 fully saturated rings. The average Bonchev–Trinajstić information content (AvgIpc) is 3.21. The number of ether oxygens (including phenoxy) is 1. The molecule has 0 spiro atoms. The van der Waals surface area contributed by atoms with E-state index >= 15 is 0 Å². The number of nitrogens with zero attached hydrogens (tertiary/aromatic N) is 3. The van der Waals surface area contributed by atoms with Crippen LogP contribution < -0.4 is 10.2 Å². The van der Waals surface area contributed by atoms with Crippen LogP contribution in [0.2, 0.25) is 0 Å². The predicted octanol–water partition coefficient (Wildman–Crippen LogP) is 2.04. The summed E-state index contributed by atoms with van der Waals surface area (Å²) in [7, 11) is 1.88. The lowest BCUT2D eigenvalue weighted by Gasteiger charge is -2.22. The molecule has 0 radical (unpaired) electrons. The second-order valence-corrected chi connectivity index (χ2v) is 4.43. The van der Waals surface area contributed by atoms with Gasteiger partial charge in [-0.15, -0.1) is 0 Å². The molecule has 0 bridgehead atoms. The molecular formula is C13H22N4O. The fourth-order valence-electron chi connectivity index (χ4n) is 2.01. The number of aromatic nitrogens is 2. The Morgan fingerprint density at radius 2 is 2.17 bits per heavy atom. The summed E-state index contributed by atoms with van der Waals surface area (Å²) in [4.78, 5) is 11.4. The highest BCUT2D eigenvalue weighted by atomic mass is 16.5. The Bertz CT molecular complexity index is 393. The lowest BCUT2D eigenvalue weighted by molar-refractivity contribution is 0.128. The Morgan fingerprint density at radius 1 is 1.39 bits per heavy atom. The predicted molar refractivity (Wildman–Crippen MR) is 73.0 cm³/mol. The fourth-order valence-corrected chi connectivity index (χ4v) is 2.01. The Balaban J connectivity index is 2.21. The van der Waals surface area contributed by atoms with E-state index in [0.717, 1.165) is 24.0 Å². The van der Waals surface area contributed by atoms with Gasteiger partial charge in [-0.3, -0.25) is 0 Å². The summed E-state index contributed by atoms with van der Waals surface area (Å²) in [5, 5.41) is 3.09. The Kier molecular flexibility index (Phi) is 4.36. The van der Waals surface area contributed by atoms with Crippen molar-refractivity contribution in [1.82, 2.24) is 9.97 Å². The van der Waals surface area contributed by atoms with E-state index in [4.69, 9.17) is 4.74 Å². The second kappa shape index (κ2) is 6.00. The molecule has 1 N–H and O–H groups in total. The summed E-state index contributed by atoms with van der Waals surface area (Å²) in [6, 6.07) is 2.67. The van der Waals surface area contributed by atoms with Crippen LogP contribution >= 0.6 is 0 Å². The topological polar surface area (TPSA) is 50.3 Å². The van der Waals surface area contributed by atoms with Crippen LogP contribution in [0.4, 0.5) is 11.6 Å². The number of hydrogen-bond acceptors (Lipinski definition) is 5. The second-order valence-electron chi connectivity index (χ2n) is 4.43. The lowest BCUT2D eigenvalue weighted by Crippen LogP contribution is -2.26. The van der Waals surface area contributed by atoms with Gasteiger partial charge in [0, 0.05) is 32.3 Å². The van der Waals surface area contributed by atoms with Gasteiger partial charge in [0.05, 0.1) is 0 Å². The third-order valence-electron chi connectivity index (χ3n) is 3.07. The molecule has 100 valence electrons. The van der Waals surface area contributed by atoms with Crippen molar-refractivity contribution in [3.63, 3.8) is 0 Å². The Labute approximate surface area is 109 Å². The van der Waals surface area contributed by atoms with Crippen molar-refractivity contribution in [3.05, 3.63) is 11.9 Å². The van der Waals surface area contributed by atoms with E-state index in [1.807, 2.05) is 20.0 Å². The van der Waals surface area contributed by atoms with Crippen LogP contribution in [0, 0.1) is 0 Å². The highest BCUT2D eigenvalue weighted by molar-refractivity contribution is 5.50. The summed E-state index contributed by atoms with van der Waals surface area (Å²) in [5.74, 6) is 2.61. The van der Waals surface area contributed by atoms with E-state index in [-0.39, 0.29) is 0 Å². The van der Waals surface area contributed by atoms with Gasteiger partial charge in [-0.1, -0.05) is 0 Å². The van der Waals surface area contributed by atoms with Crippen molar-refractivity contribution in [2.75, 3.05) is 30.4 Å². The highest BCUT2D eigenvalue weighted by Crippen LogP contribution is 2.31. The third kappa shape index (κ3) is 3.10. The molecule has 1 aromatic heterocycles. The summed E-state index contributed by atoms with van der Waals surface area (Å²) in [6.45, 7) is 6.29. The van der Waals surface area contributed by atoms with E-state index in [9.17, 15) is 0 Å². The minimum Gasteiger partial charge on any atom is -0.374 e. The van der Waals surface area contributed by atoms with E-state index in [1.54, 1.807) is 0 Å². The van der Waals surface area contributed by atoms with Crippen LogP contribution in [-0.2, 0) is 11.3 Å². The van der Waals surface area contributed by atoms with E-state index < -0.39 is 0 Å². The highest BCUT2D eigenvalue weighted by Gasteiger charge is 2.29. The smallest absolute Gasteiger partial charge is 0.158 e. The fraction of sp³-hybridized carbons (Fsp3) is 0.692. The van der Waals surface area contributed by atoms with Crippen molar-refractivity contribution in [3.8, 4) is 0 Å². The third-order valence-corrected chi connectivity index (χ3v) is 3.07. The maximum absolute atomic E-state index is 5.39. The monoisotopic (exact) mass is 250 g/mol. The summed E-state index contributed by atoms with van der Waals surface area (Å²) in [6.07, 6.45) is 2.54. The maximum atomic E-state index is 5.39. The minimum atomic E-state index is 0.473. The lowest BCUT2D eigenvalue weighted by atomic mass is 10.4. The van der Waals surface area contributed by atoms with Crippen LogP contribution in [-0.4, -0.2) is 36.2 Å². The quantitative estimate of drug-likeness (QED) is 0.802. The zero-order chi connectivity index (χ0) is 13.0. The van der Waals surface area contributed by atoms with Gasteiger partial charge in [0.1, 0.15) is 18.2 Å². The number of hydrogen-bond donors (Lipinski definition) is 1. The molecule has 0 unspecified atom stereocenters. The molecule has 0 aliphatic heterocycles. The van der Waals surface area contributed by atoms with Crippen molar-refractivity contribution in [1.29, 1.82) is 0 Å². The van der Waals surface area contributed by atoms with Crippen molar-refractivity contribution in [2.24, 2.45) is 0 Å². The van der Waals surface area contributed by atoms with Gasteiger partial charge in [-0.25, -0.2) is 9.97 Å². The van der Waals surface area contributed by atoms with Crippen LogP contribution in [0.5, 0.6) is 0 Å². The van der Waals surface area contributed by atoms with Gasteiger partial charge in [0.2, 0.25) is 0 Å². The van der Waals surface area contributed by atoms with Crippen LogP contribution in [0.1, 0.15) is 32.5 Å². The van der Waals surface area contributed by atoms with E-state index in [1.165, 1.54) is 12.8 Å². The number of anilines is 2. The van der Waals surface area contributed by atoms with E-state index in [2.05, 4.69) is 27.1 Å². The molecule has 18 heavy (non-hydrogen) atoms. The van der Waals surface area contributed by atoms with Gasteiger partial charge >= 0.3 is 0 Å². The first kappa shape index (κ1) is 13.1. The summed E-state index contributed by atoms with van der Waals surface area (Å²) >= 11 is 0. The molecule has 1 saturated carbocycles. The van der Waals surface area contributed by atoms with Crippen molar-refractivity contribution < 1.29 is 4.74 Å². The molecule has 1 aliphatic carbocycles. The molecular weight excluding hydrogens is 228 g/mol. The molecule has 1 aliphatic rings. The largest absolute Gasteiger partial charge is 0.374 e. The van der Waals surface area contributed by atoms with Crippen molar-refractivity contribution >= 4 is 11.6 Å². The zero-order valence-electron chi connectivity index (χ0n) is 11.4. The average molecular weight is 250 g/mol. The normalized spacial score (nSPS) is 14.6. The van der Waals surface area contributed by atoms with Gasteiger partial charge in [0.25, 0.3) is 0 Å². The zero-order valence-corrected chi connectivity index (χ0v) is 11.4. The first-order valence-corrected chi connectivity index (χ1v) is 6.68. The van der Waals surface area contributed by atoms with Gasteiger partial charge in [-0.05, 0) is 26.7 Å². The minimum absolute atomic E-state index is 0.473. The standard InChI is InChI=1S/C13H22N4O/c1-4-17(10-6-7-10)13-8-11(14-3)15-12(16-13)9-18-5-2/h8,10H,4-7,9H2,1-3H3,(H,14,15,16). The van der Waals surface area contributed by atoms with Crippen LogP contribution in [0.3, 0.4) is 0 Å². The number of rotatable bonds is 7.